The lowest BCUT2D eigenvalue weighted by molar-refractivity contribution is -0.189. The van der Waals surface area contributed by atoms with Crippen molar-refractivity contribution >= 4 is 0 Å². The molecule has 0 N–H and O–H groups in total. The Morgan fingerprint density at radius 1 is 1.17 bits per heavy atom. The van der Waals surface area contributed by atoms with E-state index in [1.807, 2.05) is 0 Å². The first kappa shape index (κ1) is 8.39. The van der Waals surface area contributed by atoms with Gasteiger partial charge in [0.05, 0.1) is 5.92 Å². The Morgan fingerprint density at radius 3 is 2.17 bits per heavy atom. The van der Waals surface area contributed by atoms with Gasteiger partial charge in [-0.15, -0.1) is 0 Å². The van der Waals surface area contributed by atoms with Crippen LogP contribution in [0.15, 0.2) is 0 Å². The molecule has 0 nitrogen and oxygen atoms in total. The van der Waals surface area contributed by atoms with Crippen molar-refractivity contribution in [3.05, 3.63) is 0 Å². The van der Waals surface area contributed by atoms with Crippen molar-refractivity contribution in [1.82, 2.24) is 0 Å². The summed E-state index contributed by atoms with van der Waals surface area (Å²) in [6.45, 7) is 3.39. The molecule has 0 bridgehead atoms. The Labute approximate surface area is 72.6 Å². The van der Waals surface area contributed by atoms with E-state index in [9.17, 15) is 13.2 Å². The van der Waals surface area contributed by atoms with Crippen molar-refractivity contribution in [2.45, 2.75) is 39.3 Å². The van der Waals surface area contributed by atoms with Crippen molar-refractivity contribution in [3.63, 3.8) is 0 Å². The van der Waals surface area contributed by atoms with E-state index in [4.69, 9.17) is 1.37 Å². The van der Waals surface area contributed by atoms with Gasteiger partial charge in [-0.25, -0.2) is 0 Å². The molecule has 0 radical (unpaired) electrons. The van der Waals surface area contributed by atoms with Gasteiger partial charge in [0.15, 0.2) is 0 Å². The molecule has 12 heavy (non-hydrogen) atoms. The van der Waals surface area contributed by atoms with E-state index in [1.165, 1.54) is 0 Å². The Balaban J connectivity index is 2.69. The zero-order valence-electron chi connectivity index (χ0n) is 8.41. The largest absolute Gasteiger partial charge is 0.391 e. The van der Waals surface area contributed by atoms with Crippen LogP contribution in [-0.4, -0.2) is 6.18 Å². The second-order valence-electron chi connectivity index (χ2n) is 3.94. The van der Waals surface area contributed by atoms with Crippen LogP contribution < -0.4 is 0 Å². The molecule has 0 spiro atoms. The minimum Gasteiger partial charge on any atom is -0.171 e. The lowest BCUT2D eigenvalue weighted by Crippen LogP contribution is -2.31. The molecule has 0 saturated heterocycles. The third-order valence-corrected chi connectivity index (χ3v) is 2.44. The van der Waals surface area contributed by atoms with Crippen LogP contribution in [-0.2, 0) is 0 Å². The van der Waals surface area contributed by atoms with Crippen LogP contribution in [0.1, 0.15) is 34.5 Å². The Kier molecular flexibility index (Phi) is 2.28. The van der Waals surface area contributed by atoms with Crippen LogP contribution in [0.25, 0.3) is 0 Å². The highest BCUT2D eigenvalue weighted by Gasteiger charge is 2.42. The second-order valence-corrected chi connectivity index (χ2v) is 3.94. The summed E-state index contributed by atoms with van der Waals surface area (Å²) >= 11 is 0. The smallest absolute Gasteiger partial charge is 0.171 e. The average molecular weight is 181 g/mol. The molecule has 2 unspecified atom stereocenters. The first-order chi connectivity index (χ1) is 5.71. The van der Waals surface area contributed by atoms with Crippen molar-refractivity contribution in [2.24, 2.45) is 17.7 Å². The number of alkyl halides is 3. The Morgan fingerprint density at radius 2 is 1.75 bits per heavy atom. The normalized spacial score (nSPS) is 45.6. The third-order valence-electron chi connectivity index (χ3n) is 2.44. The molecule has 1 fully saturated rings. The molecule has 0 amide bonds. The summed E-state index contributed by atoms with van der Waals surface area (Å²) in [7, 11) is 0. The van der Waals surface area contributed by atoms with Gasteiger partial charge in [-0.2, -0.15) is 13.2 Å². The summed E-state index contributed by atoms with van der Waals surface area (Å²) in [4.78, 5) is 0. The number of hydrogen-bond acceptors (Lipinski definition) is 0. The molecule has 3 heteroatoms. The maximum atomic E-state index is 12.4. The van der Waals surface area contributed by atoms with Gasteiger partial charge in [-0.1, -0.05) is 13.8 Å². The molecule has 1 rings (SSSR count). The van der Waals surface area contributed by atoms with Crippen LogP contribution in [0.2, 0.25) is 0 Å². The maximum absolute atomic E-state index is 12.4. The molecule has 72 valence electrons. The van der Waals surface area contributed by atoms with Gasteiger partial charge in [0, 0.05) is 1.37 Å². The van der Waals surface area contributed by atoms with Gasteiger partial charge >= 0.3 is 6.18 Å². The van der Waals surface area contributed by atoms with Crippen molar-refractivity contribution in [2.75, 3.05) is 0 Å². The van der Waals surface area contributed by atoms with E-state index >= 15 is 0 Å². The van der Waals surface area contributed by atoms with E-state index in [-0.39, 0.29) is 18.8 Å². The van der Waals surface area contributed by atoms with Gasteiger partial charge in [0.25, 0.3) is 0 Å². The zero-order chi connectivity index (χ0) is 10.3. The van der Waals surface area contributed by atoms with Gasteiger partial charge in [0.1, 0.15) is 0 Å². The highest BCUT2D eigenvalue weighted by Crippen LogP contribution is 2.41. The van der Waals surface area contributed by atoms with Crippen LogP contribution in [0.5, 0.6) is 0 Å². The topological polar surface area (TPSA) is 0 Å². The zero-order valence-corrected chi connectivity index (χ0v) is 7.41. The van der Waals surface area contributed by atoms with E-state index in [2.05, 4.69) is 0 Å². The number of rotatable bonds is 0. The van der Waals surface area contributed by atoms with Crippen LogP contribution >= 0.6 is 0 Å². The number of hydrogen-bond donors (Lipinski definition) is 0. The highest BCUT2D eigenvalue weighted by molar-refractivity contribution is 4.79. The lowest BCUT2D eigenvalue weighted by atomic mass is 9.76. The molecule has 1 saturated carbocycles. The fourth-order valence-corrected chi connectivity index (χ4v) is 2.00. The second kappa shape index (κ2) is 3.27. The lowest BCUT2D eigenvalue weighted by Gasteiger charge is -2.32. The molecule has 1 aliphatic carbocycles. The minimum absolute atomic E-state index is 0.0166. The van der Waals surface area contributed by atoms with Gasteiger partial charge in [0.2, 0.25) is 0 Å². The van der Waals surface area contributed by atoms with E-state index in [0.29, 0.717) is 6.42 Å². The Hall–Kier alpha value is -0.210. The predicted molar refractivity (Wildman–Crippen MR) is 41.7 cm³/mol. The third kappa shape index (κ3) is 2.39. The first-order valence-corrected chi connectivity index (χ1v) is 4.27. The summed E-state index contributed by atoms with van der Waals surface area (Å²) < 4.78 is 44.8. The van der Waals surface area contributed by atoms with Crippen molar-refractivity contribution < 1.29 is 14.5 Å². The highest BCUT2D eigenvalue weighted by atomic mass is 19.4. The Bertz CT molecular complexity index is 186. The molecular weight excluding hydrogens is 165 g/mol. The van der Waals surface area contributed by atoms with Gasteiger partial charge < -0.3 is 0 Å². The molecule has 0 aromatic heterocycles. The standard InChI is InChI=1S/C9H15F3/c1-6-3-7(2)5-8(4-6)9(10,11)12/h6-8H,3-5H2,1-2H3/t6-,7?,8?/m0/s1/i6D. The molecule has 0 aromatic rings. The van der Waals surface area contributed by atoms with Crippen molar-refractivity contribution in [1.29, 1.82) is 0 Å². The van der Waals surface area contributed by atoms with E-state index < -0.39 is 18.0 Å². The van der Waals surface area contributed by atoms with Gasteiger partial charge in [-0.05, 0) is 31.1 Å². The van der Waals surface area contributed by atoms with Crippen molar-refractivity contribution in [3.8, 4) is 0 Å². The maximum Gasteiger partial charge on any atom is 0.391 e. The summed E-state index contributed by atoms with van der Waals surface area (Å²) in [5, 5.41) is 0. The summed E-state index contributed by atoms with van der Waals surface area (Å²) in [5.74, 6) is -2.14. The molecule has 1 aliphatic rings. The fraction of sp³-hybridized carbons (Fsp3) is 1.00. The quantitative estimate of drug-likeness (QED) is 0.535. The molecular formula is C9H15F3. The van der Waals surface area contributed by atoms with Crippen LogP contribution in [0, 0.1) is 17.7 Å². The van der Waals surface area contributed by atoms with E-state index in [1.54, 1.807) is 13.8 Å². The predicted octanol–water partition coefficient (Wildman–Crippen LogP) is 3.62. The molecule has 0 aliphatic heterocycles. The minimum atomic E-state index is -4.11. The molecule has 0 heterocycles. The average Bonchev–Trinajstić information content (AvgIpc) is 1.79. The van der Waals surface area contributed by atoms with Gasteiger partial charge in [-0.3, -0.25) is 0 Å². The monoisotopic (exact) mass is 181 g/mol. The summed E-state index contributed by atoms with van der Waals surface area (Å²) in [5.41, 5.74) is 0. The number of halogens is 3. The molecule has 0 aromatic carbocycles. The summed E-state index contributed by atoms with van der Waals surface area (Å²) in [6.07, 6.45) is -3.38. The van der Waals surface area contributed by atoms with E-state index in [0.717, 1.165) is 0 Å². The SMILES string of the molecule is [2H][C@]1(C)CC(C)CC(C(F)(F)F)C1. The van der Waals surface area contributed by atoms with Crippen LogP contribution in [0.3, 0.4) is 0 Å². The molecule has 3 atom stereocenters. The van der Waals surface area contributed by atoms with Crippen LogP contribution in [0.4, 0.5) is 13.2 Å². The summed E-state index contributed by atoms with van der Waals surface area (Å²) in [6, 6.07) is 0. The fourth-order valence-electron chi connectivity index (χ4n) is 2.00. The first-order valence-electron chi connectivity index (χ1n) is 4.77.